The first-order chi connectivity index (χ1) is 8.29. The van der Waals surface area contributed by atoms with E-state index >= 15 is 0 Å². The zero-order chi connectivity index (χ0) is 12.1. The Bertz CT molecular complexity index is 471. The Hall–Kier alpha value is -1.88. The molecule has 0 saturated heterocycles. The van der Waals surface area contributed by atoms with Crippen LogP contribution in [0.3, 0.4) is 0 Å². The lowest BCUT2D eigenvalue weighted by atomic mass is 10.2. The molecule has 2 rings (SSSR count). The molecular weight excluding hydrogens is 223 g/mol. The van der Waals surface area contributed by atoms with Crippen LogP contribution in [0.4, 0.5) is 4.39 Å². The van der Waals surface area contributed by atoms with E-state index in [4.69, 9.17) is 9.26 Å². The van der Waals surface area contributed by atoms with Gasteiger partial charge >= 0.3 is 0 Å². The quantitative estimate of drug-likeness (QED) is 0.863. The van der Waals surface area contributed by atoms with Crippen LogP contribution in [-0.4, -0.2) is 12.2 Å². The van der Waals surface area contributed by atoms with Gasteiger partial charge in [0.05, 0.1) is 6.20 Å². The highest BCUT2D eigenvalue weighted by Gasteiger charge is 2.06. The Labute approximate surface area is 98.4 Å². The van der Waals surface area contributed by atoms with Crippen LogP contribution in [0.25, 0.3) is 0 Å². The van der Waals surface area contributed by atoms with Crippen molar-refractivity contribution in [3.8, 4) is 5.75 Å². The molecule has 17 heavy (non-hydrogen) atoms. The standard InChI is InChI=1S/C12H13FN2O2/c1-14-7-9-6-10(13)2-3-12(9)16-8-11-4-5-15-17-11/h2-6,14H,7-8H2,1H3. The number of hydrogen-bond donors (Lipinski definition) is 1. The number of hydrogen-bond acceptors (Lipinski definition) is 4. The van der Waals surface area contributed by atoms with Gasteiger partial charge in [-0.05, 0) is 25.2 Å². The lowest BCUT2D eigenvalue weighted by Crippen LogP contribution is -2.08. The molecular formula is C12H13FN2O2. The average Bonchev–Trinajstić information content (AvgIpc) is 2.81. The van der Waals surface area contributed by atoms with Crippen LogP contribution >= 0.6 is 0 Å². The molecule has 0 saturated carbocycles. The molecule has 0 spiro atoms. The van der Waals surface area contributed by atoms with E-state index in [1.807, 2.05) is 0 Å². The highest BCUT2D eigenvalue weighted by molar-refractivity contribution is 5.34. The largest absolute Gasteiger partial charge is 0.485 e. The summed E-state index contributed by atoms with van der Waals surface area (Å²) in [5.74, 6) is 0.990. The van der Waals surface area contributed by atoms with Crippen LogP contribution in [-0.2, 0) is 13.2 Å². The fourth-order valence-electron chi connectivity index (χ4n) is 1.48. The Morgan fingerprint density at radius 1 is 1.41 bits per heavy atom. The normalized spacial score (nSPS) is 10.5. The maximum atomic E-state index is 13.1. The van der Waals surface area contributed by atoms with Crippen molar-refractivity contribution in [2.24, 2.45) is 0 Å². The van der Waals surface area contributed by atoms with Crippen LogP contribution < -0.4 is 10.1 Å². The molecule has 0 bridgehead atoms. The molecule has 0 aliphatic carbocycles. The van der Waals surface area contributed by atoms with Gasteiger partial charge in [-0.3, -0.25) is 0 Å². The first-order valence-corrected chi connectivity index (χ1v) is 5.25. The molecule has 0 fully saturated rings. The van der Waals surface area contributed by atoms with E-state index in [0.717, 1.165) is 5.56 Å². The summed E-state index contributed by atoms with van der Waals surface area (Å²) < 4.78 is 23.5. The van der Waals surface area contributed by atoms with Gasteiger partial charge in [0.25, 0.3) is 0 Å². The topological polar surface area (TPSA) is 47.3 Å². The van der Waals surface area contributed by atoms with E-state index in [2.05, 4.69) is 10.5 Å². The number of rotatable bonds is 5. The molecule has 0 unspecified atom stereocenters. The minimum Gasteiger partial charge on any atom is -0.485 e. The van der Waals surface area contributed by atoms with Crippen molar-refractivity contribution in [1.29, 1.82) is 0 Å². The van der Waals surface area contributed by atoms with Gasteiger partial charge in [0.1, 0.15) is 18.2 Å². The fraction of sp³-hybridized carbons (Fsp3) is 0.250. The third kappa shape index (κ3) is 3.04. The van der Waals surface area contributed by atoms with Crippen LogP contribution in [0.15, 0.2) is 35.0 Å². The smallest absolute Gasteiger partial charge is 0.174 e. The molecule has 0 radical (unpaired) electrons. The number of ether oxygens (including phenoxy) is 1. The third-order valence-electron chi connectivity index (χ3n) is 2.25. The average molecular weight is 236 g/mol. The van der Waals surface area contributed by atoms with Crippen molar-refractivity contribution < 1.29 is 13.7 Å². The molecule has 1 heterocycles. The maximum absolute atomic E-state index is 13.1. The van der Waals surface area contributed by atoms with E-state index in [9.17, 15) is 4.39 Å². The zero-order valence-electron chi connectivity index (χ0n) is 9.44. The number of nitrogens with one attached hydrogen (secondary N) is 1. The van der Waals surface area contributed by atoms with Gasteiger partial charge in [0.15, 0.2) is 5.76 Å². The monoisotopic (exact) mass is 236 g/mol. The summed E-state index contributed by atoms with van der Waals surface area (Å²) in [6.07, 6.45) is 1.55. The Morgan fingerprint density at radius 2 is 2.29 bits per heavy atom. The van der Waals surface area contributed by atoms with Gasteiger partial charge in [0, 0.05) is 18.2 Å². The van der Waals surface area contributed by atoms with E-state index in [-0.39, 0.29) is 12.4 Å². The van der Waals surface area contributed by atoms with Gasteiger partial charge in [-0.2, -0.15) is 0 Å². The molecule has 1 aromatic heterocycles. The number of halogens is 1. The number of aromatic nitrogens is 1. The molecule has 0 aliphatic rings. The summed E-state index contributed by atoms with van der Waals surface area (Å²) >= 11 is 0. The van der Waals surface area contributed by atoms with Crippen molar-refractivity contribution in [1.82, 2.24) is 10.5 Å². The molecule has 4 nitrogen and oxygen atoms in total. The highest BCUT2D eigenvalue weighted by Crippen LogP contribution is 2.20. The predicted octanol–water partition coefficient (Wildman–Crippen LogP) is 2.11. The summed E-state index contributed by atoms with van der Waals surface area (Å²) in [6, 6.07) is 6.15. The molecule has 0 atom stereocenters. The second-order valence-electron chi connectivity index (χ2n) is 3.55. The third-order valence-corrected chi connectivity index (χ3v) is 2.25. The fourth-order valence-corrected chi connectivity index (χ4v) is 1.48. The number of benzene rings is 1. The summed E-state index contributed by atoms with van der Waals surface area (Å²) in [5, 5.41) is 6.54. The first kappa shape index (κ1) is 11.6. The molecule has 0 amide bonds. The van der Waals surface area contributed by atoms with Gasteiger partial charge in [-0.1, -0.05) is 5.16 Å². The van der Waals surface area contributed by atoms with Crippen molar-refractivity contribution in [3.05, 3.63) is 47.6 Å². The lowest BCUT2D eigenvalue weighted by Gasteiger charge is -2.10. The minimum atomic E-state index is -0.276. The summed E-state index contributed by atoms with van der Waals surface area (Å²) in [4.78, 5) is 0. The lowest BCUT2D eigenvalue weighted by molar-refractivity contribution is 0.247. The summed E-state index contributed by atoms with van der Waals surface area (Å²) in [5.41, 5.74) is 0.770. The maximum Gasteiger partial charge on any atom is 0.174 e. The van der Waals surface area contributed by atoms with Crippen LogP contribution in [0.2, 0.25) is 0 Å². The van der Waals surface area contributed by atoms with Crippen molar-refractivity contribution in [2.45, 2.75) is 13.2 Å². The highest BCUT2D eigenvalue weighted by atomic mass is 19.1. The zero-order valence-corrected chi connectivity index (χ0v) is 9.44. The minimum absolute atomic E-state index is 0.276. The second kappa shape index (κ2) is 5.45. The Morgan fingerprint density at radius 3 is 3.00 bits per heavy atom. The SMILES string of the molecule is CNCc1cc(F)ccc1OCc1ccno1. The number of nitrogens with zero attached hydrogens (tertiary/aromatic N) is 1. The van der Waals surface area contributed by atoms with Crippen LogP contribution in [0.1, 0.15) is 11.3 Å². The molecule has 1 N–H and O–H groups in total. The molecule has 5 heteroatoms. The molecule has 0 aliphatic heterocycles. The Kier molecular flexibility index (Phi) is 3.72. The van der Waals surface area contributed by atoms with E-state index in [1.54, 1.807) is 25.4 Å². The molecule has 2 aromatic rings. The van der Waals surface area contributed by atoms with Crippen molar-refractivity contribution in [2.75, 3.05) is 7.05 Å². The van der Waals surface area contributed by atoms with Crippen molar-refractivity contribution >= 4 is 0 Å². The van der Waals surface area contributed by atoms with E-state index in [1.165, 1.54) is 12.1 Å². The van der Waals surface area contributed by atoms with Crippen molar-refractivity contribution in [3.63, 3.8) is 0 Å². The molecule has 90 valence electrons. The first-order valence-electron chi connectivity index (χ1n) is 5.25. The van der Waals surface area contributed by atoms with E-state index in [0.29, 0.717) is 18.1 Å². The summed E-state index contributed by atoms with van der Waals surface area (Å²) in [6.45, 7) is 0.825. The second-order valence-corrected chi connectivity index (χ2v) is 3.55. The predicted molar refractivity (Wildman–Crippen MR) is 60.0 cm³/mol. The van der Waals surface area contributed by atoms with Gasteiger partial charge in [0.2, 0.25) is 0 Å². The molecule has 1 aromatic carbocycles. The van der Waals surface area contributed by atoms with Crippen LogP contribution in [0.5, 0.6) is 5.75 Å². The van der Waals surface area contributed by atoms with E-state index < -0.39 is 0 Å². The van der Waals surface area contributed by atoms with Gasteiger partial charge in [-0.15, -0.1) is 0 Å². The Balaban J connectivity index is 2.08. The summed E-state index contributed by atoms with van der Waals surface area (Å²) in [7, 11) is 1.80. The van der Waals surface area contributed by atoms with Gasteiger partial charge < -0.3 is 14.6 Å². The van der Waals surface area contributed by atoms with Gasteiger partial charge in [-0.25, -0.2) is 4.39 Å². The van der Waals surface area contributed by atoms with Crippen LogP contribution in [0, 0.1) is 5.82 Å².